The third kappa shape index (κ3) is 7.62. The van der Waals surface area contributed by atoms with Crippen LogP contribution in [0.3, 0.4) is 0 Å². The lowest BCUT2D eigenvalue weighted by atomic mass is 9.69. The molecule has 0 bridgehead atoms. The molecule has 0 spiro atoms. The van der Waals surface area contributed by atoms with E-state index < -0.39 is 0 Å². The molecule has 3 heteroatoms. The van der Waals surface area contributed by atoms with Crippen LogP contribution < -0.4 is 11.1 Å². The van der Waals surface area contributed by atoms with E-state index in [0.717, 1.165) is 6.42 Å². The minimum Gasteiger partial charge on any atom is -0.352 e. The lowest BCUT2D eigenvalue weighted by Gasteiger charge is -2.41. The minimum absolute atomic E-state index is 0.00673. The molecule has 1 fully saturated rings. The van der Waals surface area contributed by atoms with Gasteiger partial charge in [-0.1, -0.05) is 65.7 Å². The first-order chi connectivity index (χ1) is 10.5. The maximum absolute atomic E-state index is 11.7. The number of unbranched alkanes of at least 4 members (excludes halogenated alkanes) is 6. The van der Waals surface area contributed by atoms with E-state index in [2.05, 4.69) is 26.1 Å². The van der Waals surface area contributed by atoms with Crippen molar-refractivity contribution in [2.45, 2.75) is 97.4 Å². The first-order valence-corrected chi connectivity index (χ1v) is 9.48. The van der Waals surface area contributed by atoms with Crippen LogP contribution in [0.1, 0.15) is 91.4 Å². The SMILES string of the molecule is CCCCCCCCCC1CCC(C)(C)CC1NC(=O)CN. The number of rotatable bonds is 10. The number of nitrogens with two attached hydrogens (primary N) is 1. The van der Waals surface area contributed by atoms with Crippen molar-refractivity contribution < 1.29 is 4.79 Å². The van der Waals surface area contributed by atoms with Gasteiger partial charge in [-0.15, -0.1) is 0 Å². The predicted molar refractivity (Wildman–Crippen MR) is 94.7 cm³/mol. The summed E-state index contributed by atoms with van der Waals surface area (Å²) >= 11 is 0. The molecule has 0 radical (unpaired) electrons. The fourth-order valence-corrected chi connectivity index (χ4v) is 3.79. The smallest absolute Gasteiger partial charge is 0.233 e. The van der Waals surface area contributed by atoms with Crippen LogP contribution in [0.25, 0.3) is 0 Å². The van der Waals surface area contributed by atoms with E-state index in [1.165, 1.54) is 64.2 Å². The number of carbonyl (C=O) groups is 1. The molecule has 0 saturated heterocycles. The maximum atomic E-state index is 11.7. The fraction of sp³-hybridized carbons (Fsp3) is 0.947. The van der Waals surface area contributed by atoms with Crippen LogP contribution in [-0.4, -0.2) is 18.5 Å². The summed E-state index contributed by atoms with van der Waals surface area (Å²) in [6.07, 6.45) is 14.4. The Morgan fingerprint density at radius 2 is 1.77 bits per heavy atom. The third-order valence-corrected chi connectivity index (χ3v) is 5.24. The summed E-state index contributed by atoms with van der Waals surface area (Å²) in [7, 11) is 0. The van der Waals surface area contributed by atoms with Gasteiger partial charge in [0, 0.05) is 6.04 Å². The highest BCUT2D eigenvalue weighted by atomic mass is 16.1. The highest BCUT2D eigenvalue weighted by Gasteiger charge is 2.35. The predicted octanol–water partition coefficient (Wildman–Crippen LogP) is 4.40. The molecule has 2 unspecified atom stereocenters. The Balaban J connectivity index is 2.30. The number of hydrogen-bond donors (Lipinski definition) is 2. The van der Waals surface area contributed by atoms with Crippen LogP contribution in [0.15, 0.2) is 0 Å². The summed E-state index contributed by atoms with van der Waals surface area (Å²) in [4.78, 5) is 11.7. The molecule has 22 heavy (non-hydrogen) atoms. The maximum Gasteiger partial charge on any atom is 0.233 e. The summed E-state index contributed by atoms with van der Waals surface area (Å²) in [6.45, 7) is 7.01. The van der Waals surface area contributed by atoms with Crippen molar-refractivity contribution in [1.82, 2.24) is 5.32 Å². The Labute approximate surface area is 137 Å². The quantitative estimate of drug-likeness (QED) is 0.588. The summed E-state index contributed by atoms with van der Waals surface area (Å²) in [5.41, 5.74) is 5.82. The number of amides is 1. The van der Waals surface area contributed by atoms with Crippen molar-refractivity contribution in [1.29, 1.82) is 0 Å². The number of hydrogen-bond acceptors (Lipinski definition) is 2. The normalized spacial score (nSPS) is 24.2. The van der Waals surface area contributed by atoms with E-state index in [-0.39, 0.29) is 12.5 Å². The molecular formula is C19H38N2O. The van der Waals surface area contributed by atoms with Gasteiger partial charge in [-0.05, 0) is 37.0 Å². The van der Waals surface area contributed by atoms with Gasteiger partial charge in [0.2, 0.25) is 5.91 Å². The van der Waals surface area contributed by atoms with E-state index in [1.54, 1.807) is 0 Å². The average Bonchev–Trinajstić information content (AvgIpc) is 2.47. The first kappa shape index (κ1) is 19.5. The topological polar surface area (TPSA) is 55.1 Å². The molecular weight excluding hydrogens is 272 g/mol. The molecule has 130 valence electrons. The summed E-state index contributed by atoms with van der Waals surface area (Å²) in [5, 5.41) is 3.18. The molecule has 3 N–H and O–H groups in total. The van der Waals surface area contributed by atoms with E-state index in [4.69, 9.17) is 5.73 Å². The standard InChI is InChI=1S/C19H38N2O/c1-4-5-6-7-8-9-10-11-16-12-13-19(2,3)14-17(16)21-18(22)15-20/h16-17H,4-15,20H2,1-3H3,(H,21,22). The van der Waals surface area contributed by atoms with Gasteiger partial charge in [0.1, 0.15) is 0 Å². The van der Waals surface area contributed by atoms with Crippen molar-refractivity contribution in [3.8, 4) is 0 Å². The second-order valence-corrected chi connectivity index (χ2v) is 7.96. The Morgan fingerprint density at radius 3 is 2.41 bits per heavy atom. The molecule has 0 aromatic heterocycles. The molecule has 3 nitrogen and oxygen atoms in total. The lowest BCUT2D eigenvalue weighted by molar-refractivity contribution is -0.121. The molecule has 1 aliphatic rings. The molecule has 1 amide bonds. The largest absolute Gasteiger partial charge is 0.352 e. The Kier molecular flexibility index (Phi) is 9.08. The Bertz CT molecular complexity index is 315. The van der Waals surface area contributed by atoms with Gasteiger partial charge in [-0.25, -0.2) is 0 Å². The zero-order valence-corrected chi connectivity index (χ0v) is 15.1. The van der Waals surface area contributed by atoms with Crippen LogP contribution in [-0.2, 0) is 4.79 Å². The van der Waals surface area contributed by atoms with E-state index in [0.29, 0.717) is 17.4 Å². The van der Waals surface area contributed by atoms with Crippen LogP contribution >= 0.6 is 0 Å². The monoisotopic (exact) mass is 310 g/mol. The molecule has 0 aromatic rings. The van der Waals surface area contributed by atoms with E-state index >= 15 is 0 Å². The van der Waals surface area contributed by atoms with Crippen molar-refractivity contribution in [3.05, 3.63) is 0 Å². The fourth-order valence-electron chi connectivity index (χ4n) is 3.79. The zero-order chi connectivity index (χ0) is 16.4. The third-order valence-electron chi connectivity index (χ3n) is 5.24. The average molecular weight is 311 g/mol. The number of nitrogens with one attached hydrogen (secondary N) is 1. The Hall–Kier alpha value is -0.570. The molecule has 2 atom stereocenters. The van der Waals surface area contributed by atoms with Crippen LogP contribution in [0, 0.1) is 11.3 Å². The minimum atomic E-state index is 0.00673. The van der Waals surface area contributed by atoms with Gasteiger partial charge in [0.15, 0.2) is 0 Å². The summed E-state index contributed by atoms with van der Waals surface area (Å²) < 4.78 is 0. The number of carbonyl (C=O) groups excluding carboxylic acids is 1. The lowest BCUT2D eigenvalue weighted by Crippen LogP contribution is -2.47. The second kappa shape index (κ2) is 10.3. The Morgan fingerprint density at radius 1 is 1.14 bits per heavy atom. The van der Waals surface area contributed by atoms with Crippen LogP contribution in [0.5, 0.6) is 0 Å². The van der Waals surface area contributed by atoms with Crippen LogP contribution in [0.4, 0.5) is 0 Å². The van der Waals surface area contributed by atoms with Gasteiger partial charge in [-0.2, -0.15) is 0 Å². The van der Waals surface area contributed by atoms with Crippen molar-refractivity contribution in [3.63, 3.8) is 0 Å². The van der Waals surface area contributed by atoms with Gasteiger partial charge in [-0.3, -0.25) is 4.79 Å². The van der Waals surface area contributed by atoms with Crippen molar-refractivity contribution in [2.75, 3.05) is 6.54 Å². The second-order valence-electron chi connectivity index (χ2n) is 7.96. The zero-order valence-electron chi connectivity index (χ0n) is 15.1. The molecule has 0 heterocycles. The molecule has 0 aromatic carbocycles. The van der Waals surface area contributed by atoms with E-state index in [9.17, 15) is 4.79 Å². The van der Waals surface area contributed by atoms with Crippen LogP contribution in [0.2, 0.25) is 0 Å². The van der Waals surface area contributed by atoms with Gasteiger partial charge in [0.25, 0.3) is 0 Å². The molecule has 1 rings (SSSR count). The van der Waals surface area contributed by atoms with E-state index in [1.807, 2.05) is 0 Å². The van der Waals surface area contributed by atoms with Crippen molar-refractivity contribution in [2.24, 2.45) is 17.1 Å². The highest BCUT2D eigenvalue weighted by molar-refractivity contribution is 5.78. The summed E-state index contributed by atoms with van der Waals surface area (Å²) in [6, 6.07) is 0.333. The van der Waals surface area contributed by atoms with Gasteiger partial charge >= 0.3 is 0 Å². The van der Waals surface area contributed by atoms with Gasteiger partial charge in [0.05, 0.1) is 6.54 Å². The highest BCUT2D eigenvalue weighted by Crippen LogP contribution is 2.40. The molecule has 0 aliphatic heterocycles. The molecule has 1 saturated carbocycles. The van der Waals surface area contributed by atoms with Crippen molar-refractivity contribution >= 4 is 5.91 Å². The molecule has 1 aliphatic carbocycles. The van der Waals surface area contributed by atoms with Gasteiger partial charge < -0.3 is 11.1 Å². The summed E-state index contributed by atoms with van der Waals surface area (Å²) in [5.74, 6) is 0.659. The first-order valence-electron chi connectivity index (χ1n) is 9.48.